The average Bonchev–Trinajstić information content (AvgIpc) is 2.64. The van der Waals surface area contributed by atoms with E-state index in [0.29, 0.717) is 11.3 Å². The predicted molar refractivity (Wildman–Crippen MR) is 87.3 cm³/mol. The summed E-state index contributed by atoms with van der Waals surface area (Å²) < 4.78 is 10.3. The number of nitriles is 1. The van der Waals surface area contributed by atoms with E-state index in [4.69, 9.17) is 14.7 Å². The Morgan fingerprint density at radius 2 is 2.00 bits per heavy atom. The molecule has 0 spiro atoms. The predicted octanol–water partition coefficient (Wildman–Crippen LogP) is 2.27. The number of carbonyl (C=O) groups excluding carboxylic acids is 2. The molecule has 2 rings (SSSR count). The molecule has 1 aromatic carbocycles. The van der Waals surface area contributed by atoms with Crippen molar-refractivity contribution in [1.29, 1.82) is 5.26 Å². The molecule has 0 N–H and O–H groups in total. The summed E-state index contributed by atoms with van der Waals surface area (Å²) in [5.41, 5.74) is 0.516. The Bertz CT molecular complexity index is 606. The second-order valence-electron chi connectivity index (χ2n) is 5.73. The van der Waals surface area contributed by atoms with Gasteiger partial charge in [0.1, 0.15) is 5.75 Å². The molecule has 0 aromatic heterocycles. The summed E-state index contributed by atoms with van der Waals surface area (Å²) in [6, 6.07) is 8.67. The topological polar surface area (TPSA) is 79.6 Å². The van der Waals surface area contributed by atoms with Crippen molar-refractivity contribution in [2.24, 2.45) is 0 Å². The van der Waals surface area contributed by atoms with E-state index in [1.165, 1.54) is 0 Å². The van der Waals surface area contributed by atoms with E-state index >= 15 is 0 Å². The third kappa shape index (κ3) is 4.98. The fourth-order valence-electron chi connectivity index (χ4n) is 2.79. The van der Waals surface area contributed by atoms with Gasteiger partial charge in [0.2, 0.25) is 0 Å². The van der Waals surface area contributed by atoms with Crippen LogP contribution in [-0.2, 0) is 14.3 Å². The number of piperidine rings is 1. The van der Waals surface area contributed by atoms with Crippen molar-refractivity contribution < 1.29 is 19.1 Å². The van der Waals surface area contributed by atoms with Crippen molar-refractivity contribution >= 4 is 11.9 Å². The zero-order valence-corrected chi connectivity index (χ0v) is 13.9. The van der Waals surface area contributed by atoms with Crippen molar-refractivity contribution in [1.82, 2.24) is 4.90 Å². The van der Waals surface area contributed by atoms with Crippen molar-refractivity contribution in [3.8, 4) is 11.8 Å². The van der Waals surface area contributed by atoms with Crippen LogP contribution in [0.4, 0.5) is 0 Å². The lowest BCUT2D eigenvalue weighted by atomic mass is 10.00. The molecule has 0 saturated carbocycles. The summed E-state index contributed by atoms with van der Waals surface area (Å²) in [7, 11) is 0. The minimum Gasteiger partial charge on any atom is -0.482 e. The minimum absolute atomic E-state index is 0.145. The number of esters is 1. The third-order valence-electron chi connectivity index (χ3n) is 4.12. The van der Waals surface area contributed by atoms with Crippen LogP contribution in [-0.4, -0.2) is 42.6 Å². The average molecular weight is 330 g/mol. The number of carbonyl (C=O) groups is 2. The molecular weight excluding hydrogens is 308 g/mol. The van der Waals surface area contributed by atoms with E-state index in [-0.39, 0.29) is 25.2 Å². The lowest BCUT2D eigenvalue weighted by Crippen LogP contribution is -2.45. The molecular formula is C18H22N2O4. The first-order valence-electron chi connectivity index (χ1n) is 8.22. The van der Waals surface area contributed by atoms with E-state index in [0.717, 1.165) is 32.2 Å². The van der Waals surface area contributed by atoms with Crippen LogP contribution >= 0.6 is 0 Å². The van der Waals surface area contributed by atoms with Crippen LogP contribution in [0.5, 0.6) is 5.75 Å². The number of amides is 1. The van der Waals surface area contributed by atoms with E-state index in [2.05, 4.69) is 6.92 Å². The number of hydrogen-bond donors (Lipinski definition) is 0. The summed E-state index contributed by atoms with van der Waals surface area (Å²) in [4.78, 5) is 25.7. The smallest absolute Gasteiger partial charge is 0.344 e. The normalized spacial score (nSPS) is 17.0. The van der Waals surface area contributed by atoms with Gasteiger partial charge in [-0.25, -0.2) is 4.79 Å². The van der Waals surface area contributed by atoms with Crippen molar-refractivity contribution in [2.45, 2.75) is 38.6 Å². The van der Waals surface area contributed by atoms with Gasteiger partial charge in [0.05, 0.1) is 11.6 Å². The lowest BCUT2D eigenvalue weighted by molar-refractivity contribution is -0.155. The summed E-state index contributed by atoms with van der Waals surface area (Å²) in [5.74, 6) is -0.259. The van der Waals surface area contributed by atoms with E-state index in [1.54, 1.807) is 24.3 Å². The zero-order chi connectivity index (χ0) is 17.4. The quantitative estimate of drug-likeness (QED) is 0.748. The number of rotatable bonds is 6. The Morgan fingerprint density at radius 3 is 2.67 bits per heavy atom. The Balaban J connectivity index is 1.74. The van der Waals surface area contributed by atoms with Crippen molar-refractivity contribution in [3.63, 3.8) is 0 Å². The molecule has 6 heteroatoms. The van der Waals surface area contributed by atoms with Crippen LogP contribution in [0.3, 0.4) is 0 Å². The van der Waals surface area contributed by atoms with Gasteiger partial charge in [-0.1, -0.05) is 6.92 Å². The van der Waals surface area contributed by atoms with E-state index < -0.39 is 5.97 Å². The molecule has 0 aliphatic carbocycles. The SMILES string of the molecule is CC[C@H]1CCCCN1C(=O)COC(=O)COc1ccc(C#N)cc1. The summed E-state index contributed by atoms with van der Waals surface area (Å²) in [6.45, 7) is 2.28. The van der Waals surface area contributed by atoms with Crippen LogP contribution in [0, 0.1) is 11.3 Å². The maximum atomic E-state index is 12.2. The molecule has 0 unspecified atom stereocenters. The van der Waals surface area contributed by atoms with Crippen LogP contribution in [0.1, 0.15) is 38.2 Å². The van der Waals surface area contributed by atoms with Gasteiger partial charge in [0.25, 0.3) is 5.91 Å². The fourth-order valence-corrected chi connectivity index (χ4v) is 2.79. The zero-order valence-electron chi connectivity index (χ0n) is 13.9. The summed E-state index contributed by atoms with van der Waals surface area (Å²) >= 11 is 0. The number of hydrogen-bond acceptors (Lipinski definition) is 5. The highest BCUT2D eigenvalue weighted by molar-refractivity contribution is 5.81. The molecule has 1 atom stereocenters. The van der Waals surface area contributed by atoms with Crippen LogP contribution in [0.2, 0.25) is 0 Å². The molecule has 24 heavy (non-hydrogen) atoms. The van der Waals surface area contributed by atoms with E-state index in [9.17, 15) is 9.59 Å². The fraction of sp³-hybridized carbons (Fsp3) is 0.500. The van der Waals surface area contributed by atoms with Crippen LogP contribution in [0.15, 0.2) is 24.3 Å². The lowest BCUT2D eigenvalue weighted by Gasteiger charge is -2.35. The first kappa shape index (κ1) is 17.8. The van der Waals surface area contributed by atoms with Crippen molar-refractivity contribution in [3.05, 3.63) is 29.8 Å². The number of ether oxygens (including phenoxy) is 2. The van der Waals surface area contributed by atoms with Crippen LogP contribution < -0.4 is 4.74 Å². The molecule has 6 nitrogen and oxygen atoms in total. The van der Waals surface area contributed by atoms with Gasteiger partial charge in [-0.3, -0.25) is 4.79 Å². The molecule has 128 valence electrons. The van der Waals surface area contributed by atoms with Gasteiger partial charge >= 0.3 is 5.97 Å². The second kappa shape index (κ2) is 8.92. The van der Waals surface area contributed by atoms with Gasteiger partial charge < -0.3 is 14.4 Å². The Kier molecular flexibility index (Phi) is 6.62. The van der Waals surface area contributed by atoms with Gasteiger partial charge in [-0.15, -0.1) is 0 Å². The molecule has 1 heterocycles. The van der Waals surface area contributed by atoms with E-state index in [1.807, 2.05) is 11.0 Å². The Labute approximate surface area is 142 Å². The van der Waals surface area contributed by atoms with Gasteiger partial charge in [-0.2, -0.15) is 5.26 Å². The third-order valence-corrected chi connectivity index (χ3v) is 4.12. The maximum absolute atomic E-state index is 12.2. The molecule has 1 aromatic rings. The molecule has 1 amide bonds. The maximum Gasteiger partial charge on any atom is 0.344 e. The largest absolute Gasteiger partial charge is 0.482 e. The van der Waals surface area contributed by atoms with Gasteiger partial charge in [0, 0.05) is 12.6 Å². The summed E-state index contributed by atoms with van der Waals surface area (Å²) in [6.07, 6.45) is 4.07. The first-order chi connectivity index (χ1) is 11.6. The molecule has 1 aliphatic rings. The first-order valence-corrected chi connectivity index (χ1v) is 8.22. The second-order valence-corrected chi connectivity index (χ2v) is 5.73. The highest BCUT2D eigenvalue weighted by atomic mass is 16.6. The molecule has 0 radical (unpaired) electrons. The number of likely N-dealkylation sites (tertiary alicyclic amines) is 1. The molecule has 1 aliphatic heterocycles. The van der Waals surface area contributed by atoms with Gasteiger partial charge in [0.15, 0.2) is 13.2 Å². The number of benzene rings is 1. The molecule has 1 fully saturated rings. The standard InChI is InChI=1S/C18H22N2O4/c1-2-15-5-3-4-10-20(15)17(21)12-24-18(22)13-23-16-8-6-14(11-19)7-9-16/h6-9,15H,2-5,10,12-13H2,1H3/t15-/m0/s1. The highest BCUT2D eigenvalue weighted by Gasteiger charge is 2.25. The Hall–Kier alpha value is -2.55. The number of nitrogens with zero attached hydrogens (tertiary/aromatic N) is 2. The van der Waals surface area contributed by atoms with Crippen molar-refractivity contribution in [2.75, 3.05) is 19.8 Å². The highest BCUT2D eigenvalue weighted by Crippen LogP contribution is 2.19. The minimum atomic E-state index is -0.585. The van der Waals surface area contributed by atoms with Crippen LogP contribution in [0.25, 0.3) is 0 Å². The molecule has 0 bridgehead atoms. The monoisotopic (exact) mass is 330 g/mol. The van der Waals surface area contributed by atoms with Gasteiger partial charge in [-0.05, 0) is 49.9 Å². The molecule has 1 saturated heterocycles. The summed E-state index contributed by atoms with van der Waals surface area (Å²) in [5, 5.41) is 8.71. The Morgan fingerprint density at radius 1 is 1.25 bits per heavy atom.